The zero-order valence-electron chi connectivity index (χ0n) is 8.84. The van der Waals surface area contributed by atoms with Crippen LogP contribution in [0.5, 0.6) is 0 Å². The molecule has 0 spiro atoms. The highest BCUT2D eigenvalue weighted by Gasteiger charge is 2.12. The molecule has 0 fully saturated rings. The first-order valence-corrected chi connectivity index (χ1v) is 6.05. The van der Waals surface area contributed by atoms with Gasteiger partial charge >= 0.3 is 0 Å². The van der Waals surface area contributed by atoms with E-state index in [1.54, 1.807) is 12.3 Å². The Hall–Kier alpha value is -0.980. The summed E-state index contributed by atoms with van der Waals surface area (Å²) in [7, 11) is 0.379. The number of nitrogens with one attached hydrogen (secondary N) is 1. The lowest BCUT2D eigenvalue weighted by molar-refractivity contribution is 0.412. The fraction of sp³-hybridized carbons (Fsp3) is 0.444. The molecular formula is C9H15N3O2S. The van der Waals surface area contributed by atoms with Gasteiger partial charge in [-0.25, -0.2) is 13.1 Å². The molecule has 0 radical (unpaired) electrons. The maximum Gasteiger partial charge on any atom is 0.242 e. The van der Waals surface area contributed by atoms with Crippen LogP contribution in [0.25, 0.3) is 0 Å². The predicted octanol–water partition coefficient (Wildman–Crippen LogP) is -0.0785. The van der Waals surface area contributed by atoms with Crippen LogP contribution in [0.3, 0.4) is 0 Å². The zero-order chi connectivity index (χ0) is 11.3. The van der Waals surface area contributed by atoms with Crippen LogP contribution in [0.4, 0.5) is 0 Å². The average Bonchev–Trinajstić information content (AvgIpc) is 2.18. The Morgan fingerprint density at radius 3 is 2.73 bits per heavy atom. The molecule has 15 heavy (non-hydrogen) atoms. The van der Waals surface area contributed by atoms with Gasteiger partial charge < -0.3 is 4.90 Å². The molecule has 0 unspecified atom stereocenters. The smallest absolute Gasteiger partial charge is 0.242 e. The van der Waals surface area contributed by atoms with Gasteiger partial charge in [-0.3, -0.25) is 4.98 Å². The van der Waals surface area contributed by atoms with Gasteiger partial charge in [0.25, 0.3) is 0 Å². The minimum atomic E-state index is -3.40. The third kappa shape index (κ3) is 3.94. The molecule has 0 amide bonds. The molecule has 0 aliphatic carbocycles. The van der Waals surface area contributed by atoms with Crippen molar-refractivity contribution in [2.24, 2.45) is 0 Å². The molecule has 0 atom stereocenters. The molecule has 0 saturated heterocycles. The van der Waals surface area contributed by atoms with Crippen molar-refractivity contribution in [1.29, 1.82) is 0 Å². The Balaban J connectivity index is 2.61. The number of hydrogen-bond acceptors (Lipinski definition) is 4. The van der Waals surface area contributed by atoms with Crippen LogP contribution in [0.15, 0.2) is 29.4 Å². The average molecular weight is 229 g/mol. The molecule has 0 saturated carbocycles. The van der Waals surface area contributed by atoms with Crippen LogP contribution in [-0.2, 0) is 10.0 Å². The quantitative estimate of drug-likeness (QED) is 0.767. The number of rotatable bonds is 5. The number of likely N-dealkylation sites (N-methyl/N-ethyl adjacent to an activating group) is 1. The lowest BCUT2D eigenvalue weighted by atomic mass is 10.5. The number of sulfonamides is 1. The largest absolute Gasteiger partial charge is 0.308 e. The highest BCUT2D eigenvalue weighted by molar-refractivity contribution is 7.89. The first-order valence-electron chi connectivity index (χ1n) is 4.57. The molecule has 1 rings (SSSR count). The number of pyridine rings is 1. The molecular weight excluding hydrogens is 214 g/mol. The van der Waals surface area contributed by atoms with Gasteiger partial charge in [-0.05, 0) is 26.2 Å². The van der Waals surface area contributed by atoms with E-state index in [2.05, 4.69) is 9.71 Å². The Morgan fingerprint density at radius 2 is 2.20 bits per heavy atom. The molecule has 84 valence electrons. The molecule has 1 aromatic heterocycles. The second-order valence-corrected chi connectivity index (χ2v) is 5.16. The Morgan fingerprint density at radius 1 is 1.47 bits per heavy atom. The molecule has 0 aromatic carbocycles. The maximum absolute atomic E-state index is 11.6. The summed E-state index contributed by atoms with van der Waals surface area (Å²) in [5.41, 5.74) is 0. The number of aromatic nitrogens is 1. The highest BCUT2D eigenvalue weighted by Crippen LogP contribution is 2.04. The van der Waals surface area contributed by atoms with Crippen molar-refractivity contribution in [3.8, 4) is 0 Å². The number of hydrogen-bond donors (Lipinski definition) is 1. The summed E-state index contributed by atoms with van der Waals surface area (Å²) in [5.74, 6) is 0. The van der Waals surface area contributed by atoms with Crippen molar-refractivity contribution in [2.75, 3.05) is 27.2 Å². The topological polar surface area (TPSA) is 62.3 Å². The van der Waals surface area contributed by atoms with Gasteiger partial charge in [0.2, 0.25) is 10.0 Å². The summed E-state index contributed by atoms with van der Waals surface area (Å²) in [5, 5.41) is 0. The standard InChI is InChI=1S/C9H15N3O2S/c1-12(2)7-6-11-15(13,14)9-4-3-5-10-8-9/h3-5,8,11H,6-7H2,1-2H3. The summed E-state index contributed by atoms with van der Waals surface area (Å²) >= 11 is 0. The fourth-order valence-corrected chi connectivity index (χ4v) is 1.98. The van der Waals surface area contributed by atoms with E-state index in [1.165, 1.54) is 12.3 Å². The van der Waals surface area contributed by atoms with Crippen molar-refractivity contribution in [2.45, 2.75) is 4.90 Å². The fourth-order valence-electron chi connectivity index (χ4n) is 0.993. The van der Waals surface area contributed by atoms with E-state index in [0.29, 0.717) is 13.1 Å². The molecule has 0 bridgehead atoms. The number of nitrogens with zero attached hydrogens (tertiary/aromatic N) is 2. The molecule has 5 nitrogen and oxygen atoms in total. The van der Waals surface area contributed by atoms with E-state index < -0.39 is 10.0 Å². The summed E-state index contributed by atoms with van der Waals surface area (Å²) in [6.07, 6.45) is 2.87. The van der Waals surface area contributed by atoms with Crippen molar-refractivity contribution < 1.29 is 8.42 Å². The van der Waals surface area contributed by atoms with Gasteiger partial charge in [-0.1, -0.05) is 0 Å². The maximum atomic E-state index is 11.6. The molecule has 1 heterocycles. The van der Waals surface area contributed by atoms with Crippen LogP contribution in [-0.4, -0.2) is 45.5 Å². The van der Waals surface area contributed by atoms with Crippen LogP contribution in [0, 0.1) is 0 Å². The molecule has 0 aliphatic heterocycles. The van der Waals surface area contributed by atoms with Crippen LogP contribution < -0.4 is 4.72 Å². The summed E-state index contributed by atoms with van der Waals surface area (Å²) in [4.78, 5) is 5.87. The molecule has 1 N–H and O–H groups in total. The van der Waals surface area contributed by atoms with E-state index in [1.807, 2.05) is 19.0 Å². The molecule has 0 aliphatic rings. The van der Waals surface area contributed by atoms with Gasteiger partial charge in [-0.15, -0.1) is 0 Å². The summed E-state index contributed by atoms with van der Waals surface area (Å²) in [6, 6.07) is 3.12. The summed E-state index contributed by atoms with van der Waals surface area (Å²) in [6.45, 7) is 1.06. The molecule has 1 aromatic rings. The third-order valence-corrected chi connectivity index (χ3v) is 3.24. The first-order chi connectivity index (χ1) is 7.02. The minimum absolute atomic E-state index is 0.198. The lowest BCUT2D eigenvalue weighted by Gasteiger charge is -2.10. The highest BCUT2D eigenvalue weighted by atomic mass is 32.2. The van der Waals surface area contributed by atoms with Crippen molar-refractivity contribution in [1.82, 2.24) is 14.6 Å². The van der Waals surface area contributed by atoms with E-state index in [9.17, 15) is 8.42 Å². The predicted molar refractivity (Wildman–Crippen MR) is 58.0 cm³/mol. The van der Waals surface area contributed by atoms with Crippen LogP contribution >= 0.6 is 0 Å². The van der Waals surface area contributed by atoms with E-state index >= 15 is 0 Å². The monoisotopic (exact) mass is 229 g/mol. The zero-order valence-corrected chi connectivity index (χ0v) is 9.66. The Kier molecular flexibility index (Phi) is 4.19. The van der Waals surface area contributed by atoms with Gasteiger partial charge in [0.15, 0.2) is 0 Å². The van der Waals surface area contributed by atoms with Gasteiger partial charge in [0.1, 0.15) is 4.90 Å². The van der Waals surface area contributed by atoms with E-state index in [0.717, 1.165) is 0 Å². The SMILES string of the molecule is CN(C)CCNS(=O)(=O)c1cccnc1. The van der Waals surface area contributed by atoms with E-state index in [-0.39, 0.29) is 4.90 Å². The lowest BCUT2D eigenvalue weighted by Crippen LogP contribution is -2.31. The first kappa shape index (κ1) is 12.1. The van der Waals surface area contributed by atoms with Crippen LogP contribution in [0.2, 0.25) is 0 Å². The minimum Gasteiger partial charge on any atom is -0.308 e. The van der Waals surface area contributed by atoms with Crippen molar-refractivity contribution in [3.05, 3.63) is 24.5 Å². The van der Waals surface area contributed by atoms with Gasteiger partial charge in [0, 0.05) is 25.5 Å². The normalized spacial score (nSPS) is 11.9. The third-order valence-electron chi connectivity index (χ3n) is 1.80. The Bertz CT molecular complexity index is 389. The molecule has 6 heteroatoms. The van der Waals surface area contributed by atoms with Crippen molar-refractivity contribution in [3.63, 3.8) is 0 Å². The second-order valence-electron chi connectivity index (χ2n) is 3.39. The van der Waals surface area contributed by atoms with Crippen molar-refractivity contribution >= 4 is 10.0 Å². The van der Waals surface area contributed by atoms with Crippen LogP contribution in [0.1, 0.15) is 0 Å². The van der Waals surface area contributed by atoms with Gasteiger partial charge in [0.05, 0.1) is 0 Å². The van der Waals surface area contributed by atoms with Gasteiger partial charge in [-0.2, -0.15) is 0 Å². The van der Waals surface area contributed by atoms with E-state index in [4.69, 9.17) is 0 Å². The second kappa shape index (κ2) is 5.20. The summed E-state index contributed by atoms with van der Waals surface area (Å²) < 4.78 is 25.8. The Labute approximate surface area is 90.2 Å².